The average molecular weight is 337 g/mol. The van der Waals surface area contributed by atoms with E-state index in [-0.39, 0.29) is 29.5 Å². The minimum atomic E-state index is -0.347. The van der Waals surface area contributed by atoms with E-state index in [9.17, 15) is 13.6 Å². The second-order valence-corrected chi connectivity index (χ2v) is 7.56. The molecule has 3 atom stereocenters. The van der Waals surface area contributed by atoms with Gasteiger partial charge in [-0.15, -0.1) is 0 Å². The van der Waals surface area contributed by atoms with Crippen LogP contribution >= 0.6 is 0 Å². The largest absolute Gasteiger partial charge is 0.340 e. The number of aryl methyl sites for hydroxylation is 1. The number of hydrogen-bond donors (Lipinski definition) is 0. The Morgan fingerprint density at radius 3 is 2.38 bits per heavy atom. The lowest BCUT2D eigenvalue weighted by molar-refractivity contribution is -0.129. The third-order valence-electron chi connectivity index (χ3n) is 5.44. The van der Waals surface area contributed by atoms with Crippen molar-refractivity contribution in [2.24, 2.45) is 11.8 Å². The fraction of sp³-hybridized carbons (Fsp3) is 0.650. The van der Waals surface area contributed by atoms with Crippen LogP contribution in [-0.4, -0.2) is 23.4 Å². The summed E-state index contributed by atoms with van der Waals surface area (Å²) in [6.45, 7) is 10.8. The molecule has 2 rings (SSSR count). The predicted octanol–water partition coefficient (Wildman–Crippen LogP) is 4.91. The Balaban J connectivity index is 2.08. The van der Waals surface area contributed by atoms with Crippen molar-refractivity contribution in [2.75, 3.05) is 6.54 Å². The zero-order valence-electron chi connectivity index (χ0n) is 15.4. The van der Waals surface area contributed by atoms with Crippen molar-refractivity contribution >= 4 is 5.91 Å². The van der Waals surface area contributed by atoms with Crippen LogP contribution in [-0.2, 0) is 11.2 Å². The number of amides is 1. The number of hydrogen-bond acceptors (Lipinski definition) is 1. The van der Waals surface area contributed by atoms with Gasteiger partial charge in [0.1, 0.15) is 11.6 Å². The van der Waals surface area contributed by atoms with E-state index >= 15 is 0 Å². The van der Waals surface area contributed by atoms with Crippen LogP contribution in [0.3, 0.4) is 0 Å². The summed E-state index contributed by atoms with van der Waals surface area (Å²) in [6.07, 6.45) is 1.72. The lowest BCUT2D eigenvalue weighted by Crippen LogP contribution is -2.35. The van der Waals surface area contributed by atoms with Crippen molar-refractivity contribution in [3.63, 3.8) is 0 Å². The van der Waals surface area contributed by atoms with Crippen LogP contribution in [0.4, 0.5) is 8.78 Å². The lowest BCUT2D eigenvalue weighted by atomic mass is 9.92. The Morgan fingerprint density at radius 2 is 1.83 bits per heavy atom. The fourth-order valence-electron chi connectivity index (χ4n) is 3.65. The van der Waals surface area contributed by atoms with Crippen molar-refractivity contribution in [3.8, 4) is 0 Å². The van der Waals surface area contributed by atoms with Crippen LogP contribution in [0.15, 0.2) is 12.1 Å². The Hall–Kier alpha value is -1.45. The summed E-state index contributed by atoms with van der Waals surface area (Å²) < 4.78 is 28.3. The van der Waals surface area contributed by atoms with Crippen LogP contribution in [0.2, 0.25) is 0 Å². The van der Waals surface area contributed by atoms with Crippen molar-refractivity contribution < 1.29 is 13.6 Å². The van der Waals surface area contributed by atoms with Gasteiger partial charge in [0.2, 0.25) is 5.91 Å². The molecule has 0 aromatic heterocycles. The van der Waals surface area contributed by atoms with Crippen molar-refractivity contribution in [1.29, 1.82) is 0 Å². The van der Waals surface area contributed by atoms with Crippen molar-refractivity contribution in [2.45, 2.75) is 65.8 Å². The maximum absolute atomic E-state index is 14.3. The van der Waals surface area contributed by atoms with E-state index < -0.39 is 0 Å². The molecule has 0 spiro atoms. The third-order valence-corrected chi connectivity index (χ3v) is 5.44. The topological polar surface area (TPSA) is 20.3 Å². The van der Waals surface area contributed by atoms with Crippen LogP contribution in [0.5, 0.6) is 0 Å². The van der Waals surface area contributed by atoms with Gasteiger partial charge in [-0.2, -0.15) is 0 Å². The second kappa shape index (κ2) is 7.62. The Bertz CT molecular complexity index is 600. The van der Waals surface area contributed by atoms with Gasteiger partial charge < -0.3 is 4.90 Å². The van der Waals surface area contributed by atoms with Crippen LogP contribution in [0.1, 0.15) is 64.5 Å². The summed E-state index contributed by atoms with van der Waals surface area (Å²) in [6, 6.07) is 2.67. The fourth-order valence-corrected chi connectivity index (χ4v) is 3.65. The molecule has 1 aliphatic heterocycles. The Labute approximate surface area is 144 Å². The Morgan fingerprint density at radius 1 is 1.17 bits per heavy atom. The van der Waals surface area contributed by atoms with Gasteiger partial charge in [-0.3, -0.25) is 4.79 Å². The van der Waals surface area contributed by atoms with E-state index in [0.29, 0.717) is 42.2 Å². The second-order valence-electron chi connectivity index (χ2n) is 7.56. The van der Waals surface area contributed by atoms with Crippen molar-refractivity contribution in [3.05, 3.63) is 34.9 Å². The summed E-state index contributed by atoms with van der Waals surface area (Å²) in [5.41, 5.74) is 0.814. The molecule has 1 aromatic rings. The normalized spacial score (nSPS) is 20.8. The van der Waals surface area contributed by atoms with Gasteiger partial charge in [-0.05, 0) is 60.8 Å². The minimum absolute atomic E-state index is 0.0320. The number of halogens is 2. The summed E-state index contributed by atoms with van der Waals surface area (Å²) >= 11 is 0. The molecule has 1 saturated heterocycles. The maximum atomic E-state index is 14.3. The quantitative estimate of drug-likeness (QED) is 0.722. The first-order chi connectivity index (χ1) is 11.2. The lowest BCUT2D eigenvalue weighted by Gasteiger charge is -2.28. The van der Waals surface area contributed by atoms with E-state index in [1.165, 1.54) is 12.1 Å². The van der Waals surface area contributed by atoms with Gasteiger partial charge in [0, 0.05) is 19.0 Å². The number of nitrogens with zero attached hydrogens (tertiary/aromatic N) is 1. The van der Waals surface area contributed by atoms with Gasteiger partial charge in [0.05, 0.1) is 0 Å². The summed E-state index contributed by atoms with van der Waals surface area (Å²) in [4.78, 5) is 14.2. The molecule has 1 fully saturated rings. The molecule has 0 bridgehead atoms. The van der Waals surface area contributed by atoms with E-state index in [2.05, 4.69) is 13.8 Å². The maximum Gasteiger partial charge on any atom is 0.223 e. The third kappa shape index (κ3) is 3.96. The van der Waals surface area contributed by atoms with E-state index in [1.54, 1.807) is 0 Å². The highest BCUT2D eigenvalue weighted by molar-refractivity contribution is 5.79. The molecule has 0 N–H and O–H groups in total. The SMILES string of the molecule is CCc1cc(F)c(C(C)CC(C)N2CC(C(C)C)CC2=O)cc1F. The van der Waals surface area contributed by atoms with Gasteiger partial charge in [-0.25, -0.2) is 8.78 Å². The standard InChI is InChI=1S/C20H29F2NO/c1-6-15-8-19(22)17(10-18(15)21)13(4)7-14(5)23-11-16(12(2)3)9-20(23)24/h8,10,12-14,16H,6-7,9,11H2,1-5H3. The molecular weight excluding hydrogens is 308 g/mol. The molecular formula is C20H29F2NO. The zero-order chi connectivity index (χ0) is 18.0. The minimum Gasteiger partial charge on any atom is -0.340 e. The first-order valence-corrected chi connectivity index (χ1v) is 9.01. The van der Waals surface area contributed by atoms with Gasteiger partial charge in [0.15, 0.2) is 0 Å². The van der Waals surface area contributed by atoms with E-state index in [1.807, 2.05) is 25.7 Å². The van der Waals surface area contributed by atoms with E-state index in [0.717, 1.165) is 6.54 Å². The Kier molecular flexibility index (Phi) is 6.00. The molecule has 24 heavy (non-hydrogen) atoms. The summed E-state index contributed by atoms with van der Waals surface area (Å²) in [7, 11) is 0. The first-order valence-electron chi connectivity index (χ1n) is 9.01. The average Bonchev–Trinajstić information content (AvgIpc) is 2.91. The molecule has 1 aromatic carbocycles. The molecule has 0 aliphatic carbocycles. The molecule has 4 heteroatoms. The number of benzene rings is 1. The summed E-state index contributed by atoms with van der Waals surface area (Å²) in [5.74, 6) is 0.240. The molecule has 2 nitrogen and oxygen atoms in total. The highest BCUT2D eigenvalue weighted by Crippen LogP contribution is 2.31. The van der Waals surface area contributed by atoms with Gasteiger partial charge in [-0.1, -0.05) is 27.7 Å². The molecule has 0 radical (unpaired) electrons. The summed E-state index contributed by atoms with van der Waals surface area (Å²) in [5, 5.41) is 0. The smallest absolute Gasteiger partial charge is 0.223 e. The zero-order valence-corrected chi connectivity index (χ0v) is 15.4. The molecule has 0 saturated carbocycles. The molecule has 134 valence electrons. The monoisotopic (exact) mass is 337 g/mol. The molecule has 1 amide bonds. The van der Waals surface area contributed by atoms with Crippen LogP contribution in [0.25, 0.3) is 0 Å². The van der Waals surface area contributed by atoms with Crippen LogP contribution in [0, 0.1) is 23.5 Å². The highest BCUT2D eigenvalue weighted by Gasteiger charge is 2.34. The molecule has 1 heterocycles. The predicted molar refractivity (Wildman–Crippen MR) is 92.9 cm³/mol. The van der Waals surface area contributed by atoms with Gasteiger partial charge in [0.25, 0.3) is 0 Å². The molecule has 1 aliphatic rings. The van der Waals surface area contributed by atoms with Gasteiger partial charge >= 0.3 is 0 Å². The molecule has 3 unspecified atom stereocenters. The number of carbonyl (C=O) groups is 1. The number of rotatable bonds is 6. The first kappa shape index (κ1) is 18.9. The highest BCUT2D eigenvalue weighted by atomic mass is 19.1. The number of likely N-dealkylation sites (tertiary alicyclic amines) is 1. The number of carbonyl (C=O) groups excluding carboxylic acids is 1. The van der Waals surface area contributed by atoms with Crippen LogP contribution < -0.4 is 0 Å². The van der Waals surface area contributed by atoms with Crippen molar-refractivity contribution in [1.82, 2.24) is 4.90 Å². The van der Waals surface area contributed by atoms with E-state index in [4.69, 9.17) is 0 Å².